The smallest absolute Gasteiger partial charge is 0.125 e. The van der Waals surface area contributed by atoms with E-state index in [0.29, 0.717) is 6.54 Å². The van der Waals surface area contributed by atoms with E-state index in [1.165, 1.54) is 0 Å². The largest absolute Gasteiger partial charge is 0.507 e. The van der Waals surface area contributed by atoms with Crippen molar-refractivity contribution in [1.82, 2.24) is 4.98 Å². The standard InChI is InChI=1S/C12H14N2OS/c13-7-3-6-12-14-10(8-16-12)9-4-1-2-5-11(9)15/h1-2,4-5,8,15H,3,6-7,13H2. The van der Waals surface area contributed by atoms with Crippen molar-refractivity contribution in [3.05, 3.63) is 34.7 Å². The van der Waals surface area contributed by atoms with Crippen LogP contribution in [0, 0.1) is 0 Å². The molecule has 3 nitrogen and oxygen atoms in total. The zero-order chi connectivity index (χ0) is 11.4. The monoisotopic (exact) mass is 234 g/mol. The minimum Gasteiger partial charge on any atom is -0.507 e. The molecule has 1 heterocycles. The van der Waals surface area contributed by atoms with Crippen LogP contribution in [0.2, 0.25) is 0 Å². The van der Waals surface area contributed by atoms with Gasteiger partial charge in [-0.25, -0.2) is 4.98 Å². The molecular weight excluding hydrogens is 220 g/mol. The van der Waals surface area contributed by atoms with Gasteiger partial charge in [-0.3, -0.25) is 0 Å². The Kier molecular flexibility index (Phi) is 3.54. The number of aromatic hydroxyl groups is 1. The fourth-order valence-electron chi connectivity index (χ4n) is 1.49. The number of nitrogens with two attached hydrogens (primary N) is 1. The van der Waals surface area contributed by atoms with Crippen molar-refractivity contribution in [3.8, 4) is 17.0 Å². The first-order valence-corrected chi connectivity index (χ1v) is 6.12. The van der Waals surface area contributed by atoms with Crippen LogP contribution >= 0.6 is 11.3 Å². The van der Waals surface area contributed by atoms with Crippen LogP contribution in [0.25, 0.3) is 11.3 Å². The van der Waals surface area contributed by atoms with E-state index >= 15 is 0 Å². The van der Waals surface area contributed by atoms with E-state index in [0.717, 1.165) is 29.1 Å². The minimum atomic E-state index is 0.276. The predicted octanol–water partition coefficient (Wildman–Crippen LogP) is 2.41. The summed E-state index contributed by atoms with van der Waals surface area (Å²) < 4.78 is 0. The maximum atomic E-state index is 9.69. The predicted molar refractivity (Wildman–Crippen MR) is 66.6 cm³/mol. The van der Waals surface area contributed by atoms with Crippen LogP contribution in [-0.2, 0) is 6.42 Å². The van der Waals surface area contributed by atoms with E-state index in [2.05, 4.69) is 4.98 Å². The number of aryl methyl sites for hydroxylation is 1. The molecule has 0 saturated carbocycles. The molecule has 84 valence electrons. The molecule has 4 heteroatoms. The van der Waals surface area contributed by atoms with Gasteiger partial charge in [-0.15, -0.1) is 11.3 Å². The van der Waals surface area contributed by atoms with Crippen LogP contribution in [0.3, 0.4) is 0 Å². The fraction of sp³-hybridized carbons (Fsp3) is 0.250. The van der Waals surface area contributed by atoms with Gasteiger partial charge in [-0.2, -0.15) is 0 Å². The number of rotatable bonds is 4. The highest BCUT2D eigenvalue weighted by Crippen LogP contribution is 2.29. The van der Waals surface area contributed by atoms with Crippen molar-refractivity contribution in [2.75, 3.05) is 6.54 Å². The highest BCUT2D eigenvalue weighted by Gasteiger charge is 2.07. The Balaban J connectivity index is 2.22. The second kappa shape index (κ2) is 5.09. The molecule has 0 aliphatic rings. The summed E-state index contributed by atoms with van der Waals surface area (Å²) >= 11 is 1.62. The second-order valence-electron chi connectivity index (χ2n) is 3.54. The van der Waals surface area contributed by atoms with Crippen molar-refractivity contribution >= 4 is 11.3 Å². The number of hydrogen-bond donors (Lipinski definition) is 2. The quantitative estimate of drug-likeness (QED) is 0.854. The van der Waals surface area contributed by atoms with Crippen LogP contribution in [0.15, 0.2) is 29.6 Å². The Labute approximate surface area is 98.6 Å². The Hall–Kier alpha value is -1.39. The number of phenolic OH excluding ortho intramolecular Hbond substituents is 1. The summed E-state index contributed by atoms with van der Waals surface area (Å²) in [6.45, 7) is 0.686. The van der Waals surface area contributed by atoms with Gasteiger partial charge in [0.2, 0.25) is 0 Å². The van der Waals surface area contributed by atoms with Crippen LogP contribution < -0.4 is 5.73 Å². The summed E-state index contributed by atoms with van der Waals surface area (Å²) in [5, 5.41) is 12.7. The van der Waals surface area contributed by atoms with E-state index in [9.17, 15) is 5.11 Å². The lowest BCUT2D eigenvalue weighted by Gasteiger charge is -1.99. The molecule has 1 aromatic carbocycles. The molecule has 3 N–H and O–H groups in total. The first kappa shape index (κ1) is 11.1. The van der Waals surface area contributed by atoms with Crippen LogP contribution in [-0.4, -0.2) is 16.6 Å². The summed E-state index contributed by atoms with van der Waals surface area (Å²) in [6.07, 6.45) is 1.86. The molecule has 0 spiro atoms. The first-order valence-electron chi connectivity index (χ1n) is 5.24. The Bertz CT molecular complexity index is 468. The third kappa shape index (κ3) is 2.40. The zero-order valence-corrected chi connectivity index (χ0v) is 9.70. The number of nitrogens with zero attached hydrogens (tertiary/aromatic N) is 1. The molecule has 0 aliphatic carbocycles. The van der Waals surface area contributed by atoms with Crippen LogP contribution in [0.5, 0.6) is 5.75 Å². The van der Waals surface area contributed by atoms with E-state index in [4.69, 9.17) is 5.73 Å². The summed E-state index contributed by atoms with van der Waals surface area (Å²) in [5.41, 5.74) is 7.09. The molecule has 0 bridgehead atoms. The number of para-hydroxylation sites is 1. The molecule has 16 heavy (non-hydrogen) atoms. The van der Waals surface area contributed by atoms with Gasteiger partial charge in [0.25, 0.3) is 0 Å². The van der Waals surface area contributed by atoms with Gasteiger partial charge in [0.15, 0.2) is 0 Å². The van der Waals surface area contributed by atoms with E-state index in [1.54, 1.807) is 23.5 Å². The molecule has 0 amide bonds. The Morgan fingerprint density at radius 3 is 2.88 bits per heavy atom. The number of benzene rings is 1. The van der Waals surface area contributed by atoms with Gasteiger partial charge in [0.1, 0.15) is 5.75 Å². The summed E-state index contributed by atoms with van der Waals surface area (Å²) in [7, 11) is 0. The van der Waals surface area contributed by atoms with Crippen molar-refractivity contribution in [3.63, 3.8) is 0 Å². The zero-order valence-electron chi connectivity index (χ0n) is 8.89. The van der Waals surface area contributed by atoms with Gasteiger partial charge < -0.3 is 10.8 Å². The van der Waals surface area contributed by atoms with E-state index in [1.807, 2.05) is 17.5 Å². The lowest BCUT2D eigenvalue weighted by Crippen LogP contribution is -1.99. The molecule has 0 aliphatic heterocycles. The first-order chi connectivity index (χ1) is 7.81. The lowest BCUT2D eigenvalue weighted by molar-refractivity contribution is 0.477. The number of phenols is 1. The van der Waals surface area contributed by atoms with Crippen molar-refractivity contribution in [2.45, 2.75) is 12.8 Å². The van der Waals surface area contributed by atoms with Gasteiger partial charge in [-0.05, 0) is 25.1 Å². The van der Waals surface area contributed by atoms with Crippen molar-refractivity contribution in [1.29, 1.82) is 0 Å². The topological polar surface area (TPSA) is 59.1 Å². The SMILES string of the molecule is NCCCc1nc(-c2ccccc2O)cs1. The maximum Gasteiger partial charge on any atom is 0.125 e. The maximum absolute atomic E-state index is 9.69. The molecule has 2 aromatic rings. The molecular formula is C12H14N2OS. The summed E-state index contributed by atoms with van der Waals surface area (Å²) in [4.78, 5) is 4.48. The average Bonchev–Trinajstić information content (AvgIpc) is 2.75. The molecule has 0 saturated heterocycles. The van der Waals surface area contributed by atoms with Gasteiger partial charge in [0, 0.05) is 17.4 Å². The highest BCUT2D eigenvalue weighted by atomic mass is 32.1. The van der Waals surface area contributed by atoms with E-state index in [-0.39, 0.29) is 5.75 Å². The Morgan fingerprint density at radius 2 is 2.12 bits per heavy atom. The summed E-state index contributed by atoms with van der Waals surface area (Å²) in [6, 6.07) is 7.25. The van der Waals surface area contributed by atoms with Crippen LogP contribution in [0.1, 0.15) is 11.4 Å². The average molecular weight is 234 g/mol. The highest BCUT2D eigenvalue weighted by molar-refractivity contribution is 7.09. The number of aromatic nitrogens is 1. The second-order valence-corrected chi connectivity index (χ2v) is 4.48. The van der Waals surface area contributed by atoms with Crippen molar-refractivity contribution in [2.24, 2.45) is 5.73 Å². The van der Waals surface area contributed by atoms with Crippen LogP contribution in [0.4, 0.5) is 0 Å². The molecule has 0 fully saturated rings. The minimum absolute atomic E-state index is 0.276. The van der Waals surface area contributed by atoms with Gasteiger partial charge in [0.05, 0.1) is 10.7 Å². The fourth-order valence-corrected chi connectivity index (χ4v) is 2.33. The Morgan fingerprint density at radius 1 is 1.31 bits per heavy atom. The third-order valence-corrected chi connectivity index (χ3v) is 3.24. The molecule has 2 rings (SSSR count). The number of thiazole rings is 1. The lowest BCUT2D eigenvalue weighted by atomic mass is 10.1. The van der Waals surface area contributed by atoms with Crippen molar-refractivity contribution < 1.29 is 5.11 Å². The third-order valence-electron chi connectivity index (χ3n) is 2.33. The van der Waals surface area contributed by atoms with Gasteiger partial charge in [-0.1, -0.05) is 12.1 Å². The summed E-state index contributed by atoms with van der Waals surface area (Å²) in [5.74, 6) is 0.276. The van der Waals surface area contributed by atoms with Gasteiger partial charge >= 0.3 is 0 Å². The number of hydrogen-bond acceptors (Lipinski definition) is 4. The molecule has 1 aromatic heterocycles. The molecule has 0 atom stereocenters. The van der Waals surface area contributed by atoms with E-state index < -0.39 is 0 Å². The molecule has 0 radical (unpaired) electrons. The normalized spacial score (nSPS) is 10.6. The molecule has 0 unspecified atom stereocenters.